The molecule has 0 rings (SSSR count). The van der Waals surface area contributed by atoms with Crippen LogP contribution < -0.4 is 0 Å². The van der Waals surface area contributed by atoms with Gasteiger partial charge in [-0.2, -0.15) is 0 Å². The van der Waals surface area contributed by atoms with Crippen molar-refractivity contribution in [2.75, 3.05) is 6.61 Å². The van der Waals surface area contributed by atoms with Crippen molar-refractivity contribution in [3.63, 3.8) is 0 Å². The largest absolute Gasteiger partial charge is 0.458 e. The van der Waals surface area contributed by atoms with Crippen LogP contribution in [-0.2, 0) is 4.74 Å². The van der Waals surface area contributed by atoms with E-state index in [-0.39, 0.29) is 0 Å². The van der Waals surface area contributed by atoms with Crippen molar-refractivity contribution in [3.05, 3.63) is 0 Å². The monoisotopic (exact) mass is 162 g/mol. The standard InChI is InChI=1S/C7H14O2S/c1-2-3-4-5-6-9-7(8)10/h2-6H2,1H3,(H,8,10). The van der Waals surface area contributed by atoms with E-state index in [0.29, 0.717) is 6.61 Å². The highest BCUT2D eigenvalue weighted by Gasteiger charge is 1.91. The summed E-state index contributed by atoms with van der Waals surface area (Å²) in [7, 11) is 0. The van der Waals surface area contributed by atoms with Crippen molar-refractivity contribution >= 4 is 17.9 Å². The molecule has 0 amide bonds. The second-order valence-electron chi connectivity index (χ2n) is 2.18. The lowest BCUT2D eigenvalue weighted by Gasteiger charge is -1.98. The summed E-state index contributed by atoms with van der Waals surface area (Å²) in [5, 5.41) is -0.475. The zero-order valence-corrected chi connectivity index (χ0v) is 7.19. The number of unbranched alkanes of at least 4 members (excludes halogenated alkanes) is 3. The summed E-state index contributed by atoms with van der Waals surface area (Å²) in [6.45, 7) is 2.66. The average Bonchev–Trinajstić information content (AvgIpc) is 1.87. The highest BCUT2D eigenvalue weighted by Crippen LogP contribution is 1.99. The molecule has 0 atom stereocenters. The summed E-state index contributed by atoms with van der Waals surface area (Å²) in [6.07, 6.45) is 4.51. The van der Waals surface area contributed by atoms with Crippen LogP contribution in [0.1, 0.15) is 32.6 Å². The Bertz CT molecular complexity index is 93.6. The molecule has 0 saturated carbocycles. The maximum absolute atomic E-state index is 10.1. The first-order valence-corrected chi connectivity index (χ1v) is 4.07. The molecule has 0 N–H and O–H groups in total. The third-order valence-corrected chi connectivity index (χ3v) is 1.35. The molecule has 0 saturated heterocycles. The van der Waals surface area contributed by atoms with E-state index < -0.39 is 5.30 Å². The molecule has 0 unspecified atom stereocenters. The molecule has 0 spiro atoms. The van der Waals surface area contributed by atoms with Crippen LogP contribution in [-0.4, -0.2) is 11.9 Å². The van der Waals surface area contributed by atoms with Crippen LogP contribution in [0.25, 0.3) is 0 Å². The predicted octanol–water partition coefficient (Wildman–Crippen LogP) is 2.63. The molecule has 0 heterocycles. The average molecular weight is 162 g/mol. The Morgan fingerprint density at radius 3 is 2.60 bits per heavy atom. The van der Waals surface area contributed by atoms with Gasteiger partial charge in [0, 0.05) is 0 Å². The Kier molecular flexibility index (Phi) is 6.81. The first-order chi connectivity index (χ1) is 4.77. The van der Waals surface area contributed by atoms with Gasteiger partial charge in [-0.3, -0.25) is 0 Å². The minimum absolute atomic E-state index is 0.475. The third-order valence-electron chi connectivity index (χ3n) is 1.22. The molecule has 0 fully saturated rings. The van der Waals surface area contributed by atoms with Crippen LogP contribution in [0.4, 0.5) is 4.79 Å². The maximum Gasteiger partial charge on any atom is 0.364 e. The molecule has 3 heteroatoms. The van der Waals surface area contributed by atoms with E-state index in [0.717, 1.165) is 12.8 Å². The fourth-order valence-corrected chi connectivity index (χ4v) is 0.780. The summed E-state index contributed by atoms with van der Waals surface area (Å²) < 4.78 is 4.61. The lowest BCUT2D eigenvalue weighted by atomic mass is 10.2. The van der Waals surface area contributed by atoms with Gasteiger partial charge in [0.05, 0.1) is 6.61 Å². The van der Waals surface area contributed by atoms with Gasteiger partial charge in [-0.25, -0.2) is 4.79 Å². The SMILES string of the molecule is CCCCCCOC(=O)S. The molecule has 0 bridgehead atoms. The topological polar surface area (TPSA) is 26.3 Å². The van der Waals surface area contributed by atoms with Gasteiger partial charge in [0.1, 0.15) is 0 Å². The number of carbonyl (C=O) groups excluding carboxylic acids is 1. The summed E-state index contributed by atoms with van der Waals surface area (Å²) in [5.41, 5.74) is 0. The Balaban J connectivity index is 2.84. The first kappa shape index (κ1) is 9.82. The zero-order chi connectivity index (χ0) is 7.82. The molecule has 0 radical (unpaired) electrons. The van der Waals surface area contributed by atoms with Crippen LogP contribution >= 0.6 is 12.6 Å². The molecule has 2 nitrogen and oxygen atoms in total. The first-order valence-electron chi connectivity index (χ1n) is 3.63. The van der Waals surface area contributed by atoms with Crippen LogP contribution in [0.3, 0.4) is 0 Å². The van der Waals surface area contributed by atoms with E-state index in [2.05, 4.69) is 24.3 Å². The van der Waals surface area contributed by atoms with Crippen molar-refractivity contribution < 1.29 is 9.53 Å². The van der Waals surface area contributed by atoms with E-state index in [1.165, 1.54) is 12.8 Å². The quantitative estimate of drug-likeness (QED) is 0.382. The van der Waals surface area contributed by atoms with E-state index in [1.807, 2.05) is 0 Å². The lowest BCUT2D eigenvalue weighted by molar-refractivity contribution is 0.173. The zero-order valence-electron chi connectivity index (χ0n) is 6.30. The van der Waals surface area contributed by atoms with Crippen molar-refractivity contribution in [1.29, 1.82) is 0 Å². The number of hydrogen-bond acceptors (Lipinski definition) is 2. The highest BCUT2D eigenvalue weighted by molar-refractivity contribution is 7.96. The van der Waals surface area contributed by atoms with Gasteiger partial charge in [0.15, 0.2) is 0 Å². The molecular formula is C7H14O2S. The van der Waals surface area contributed by atoms with Crippen molar-refractivity contribution in [1.82, 2.24) is 0 Å². The van der Waals surface area contributed by atoms with E-state index in [4.69, 9.17) is 0 Å². The van der Waals surface area contributed by atoms with Crippen LogP contribution in [0.2, 0.25) is 0 Å². The van der Waals surface area contributed by atoms with E-state index in [9.17, 15) is 4.79 Å². The second-order valence-corrected chi connectivity index (χ2v) is 2.54. The van der Waals surface area contributed by atoms with Gasteiger partial charge >= 0.3 is 5.30 Å². The highest BCUT2D eigenvalue weighted by atomic mass is 32.1. The fourth-order valence-electron chi connectivity index (χ4n) is 0.688. The van der Waals surface area contributed by atoms with Gasteiger partial charge in [0.25, 0.3) is 0 Å². The Morgan fingerprint density at radius 1 is 1.40 bits per heavy atom. The summed E-state index contributed by atoms with van der Waals surface area (Å²) in [4.78, 5) is 10.1. The second kappa shape index (κ2) is 6.93. The number of ether oxygens (including phenoxy) is 1. The Hall–Kier alpha value is -0.180. The van der Waals surface area contributed by atoms with Gasteiger partial charge < -0.3 is 4.74 Å². The van der Waals surface area contributed by atoms with Gasteiger partial charge in [-0.1, -0.05) is 38.8 Å². The van der Waals surface area contributed by atoms with E-state index >= 15 is 0 Å². The van der Waals surface area contributed by atoms with Crippen LogP contribution in [0, 0.1) is 0 Å². The normalized spacial score (nSPS) is 9.40. The molecule has 0 aliphatic rings. The maximum atomic E-state index is 10.1. The van der Waals surface area contributed by atoms with Crippen molar-refractivity contribution in [3.8, 4) is 0 Å². The van der Waals surface area contributed by atoms with Crippen molar-refractivity contribution in [2.24, 2.45) is 0 Å². The predicted molar refractivity (Wildman–Crippen MR) is 44.5 cm³/mol. The number of thiol groups is 1. The third kappa shape index (κ3) is 7.82. The summed E-state index contributed by atoms with van der Waals surface area (Å²) in [5.74, 6) is 0. The molecule has 0 aliphatic heterocycles. The molecule has 0 aromatic rings. The Morgan fingerprint density at radius 2 is 2.10 bits per heavy atom. The van der Waals surface area contributed by atoms with Crippen LogP contribution in [0.5, 0.6) is 0 Å². The summed E-state index contributed by atoms with van der Waals surface area (Å²) in [6, 6.07) is 0. The molecule has 0 aromatic heterocycles. The fraction of sp³-hybridized carbons (Fsp3) is 0.857. The number of rotatable bonds is 5. The lowest BCUT2D eigenvalue weighted by Crippen LogP contribution is -1.95. The van der Waals surface area contributed by atoms with Gasteiger partial charge in [-0.15, -0.1) is 0 Å². The van der Waals surface area contributed by atoms with E-state index in [1.54, 1.807) is 0 Å². The molecule has 60 valence electrons. The number of hydrogen-bond donors (Lipinski definition) is 1. The summed E-state index contributed by atoms with van der Waals surface area (Å²) >= 11 is 3.46. The van der Waals surface area contributed by atoms with Gasteiger partial charge in [0.2, 0.25) is 0 Å². The molecule has 0 aliphatic carbocycles. The smallest absolute Gasteiger partial charge is 0.364 e. The molecule has 10 heavy (non-hydrogen) atoms. The van der Waals surface area contributed by atoms with Gasteiger partial charge in [-0.05, 0) is 6.42 Å². The number of carbonyl (C=O) groups is 1. The minimum Gasteiger partial charge on any atom is -0.458 e. The minimum atomic E-state index is -0.475. The Labute approximate surface area is 67.4 Å². The van der Waals surface area contributed by atoms with Crippen molar-refractivity contribution in [2.45, 2.75) is 32.6 Å². The molecular weight excluding hydrogens is 148 g/mol. The van der Waals surface area contributed by atoms with Crippen LogP contribution in [0.15, 0.2) is 0 Å². The molecule has 0 aromatic carbocycles.